The van der Waals surface area contributed by atoms with Gasteiger partial charge in [0.25, 0.3) is 5.91 Å². The smallest absolute Gasteiger partial charge is 0.257 e. The van der Waals surface area contributed by atoms with E-state index in [9.17, 15) is 13.2 Å². The summed E-state index contributed by atoms with van der Waals surface area (Å²) < 4.78 is 33.5. The van der Waals surface area contributed by atoms with Gasteiger partial charge in [-0.1, -0.05) is 53.5 Å². The summed E-state index contributed by atoms with van der Waals surface area (Å²) in [6.07, 6.45) is 0. The van der Waals surface area contributed by atoms with Crippen molar-refractivity contribution in [3.8, 4) is 5.75 Å². The number of methoxy groups -OCH3 is 1. The molecule has 35 heavy (non-hydrogen) atoms. The third-order valence-corrected chi connectivity index (χ3v) is 8.26. The maximum Gasteiger partial charge on any atom is 0.257 e. The second kappa shape index (κ2) is 11.0. The zero-order valence-electron chi connectivity index (χ0n) is 19.1. The van der Waals surface area contributed by atoms with Crippen molar-refractivity contribution in [1.29, 1.82) is 0 Å². The van der Waals surface area contributed by atoms with Gasteiger partial charge in [0.2, 0.25) is 10.0 Å². The van der Waals surface area contributed by atoms with Crippen LogP contribution < -0.4 is 10.1 Å². The van der Waals surface area contributed by atoms with E-state index in [2.05, 4.69) is 22.3 Å². The van der Waals surface area contributed by atoms with E-state index in [0.29, 0.717) is 37.0 Å². The first kappa shape index (κ1) is 25.5. The minimum Gasteiger partial charge on any atom is -0.495 e. The number of halogens is 2. The van der Waals surface area contributed by atoms with Gasteiger partial charge in [0.15, 0.2) is 0 Å². The highest BCUT2D eigenvalue weighted by Crippen LogP contribution is 2.31. The zero-order valence-corrected chi connectivity index (χ0v) is 21.4. The van der Waals surface area contributed by atoms with Gasteiger partial charge in [0, 0.05) is 37.7 Å². The summed E-state index contributed by atoms with van der Waals surface area (Å²) in [6.45, 7) is 2.79. The van der Waals surface area contributed by atoms with E-state index in [1.165, 1.54) is 47.3 Å². The zero-order chi connectivity index (χ0) is 25.0. The Morgan fingerprint density at radius 2 is 1.69 bits per heavy atom. The highest BCUT2D eigenvalue weighted by Gasteiger charge is 2.29. The highest BCUT2D eigenvalue weighted by molar-refractivity contribution is 7.89. The van der Waals surface area contributed by atoms with Crippen molar-refractivity contribution in [1.82, 2.24) is 9.21 Å². The summed E-state index contributed by atoms with van der Waals surface area (Å²) in [6, 6.07) is 19.0. The normalized spacial score (nSPS) is 15.1. The number of nitrogens with zero attached hydrogens (tertiary/aromatic N) is 2. The van der Waals surface area contributed by atoms with E-state index < -0.39 is 15.9 Å². The van der Waals surface area contributed by atoms with Crippen LogP contribution in [0.25, 0.3) is 0 Å². The van der Waals surface area contributed by atoms with Gasteiger partial charge in [-0.05, 0) is 42.0 Å². The second-order valence-electron chi connectivity index (χ2n) is 8.11. The lowest BCUT2D eigenvalue weighted by Crippen LogP contribution is -2.48. The number of nitrogens with one attached hydrogen (secondary N) is 1. The Morgan fingerprint density at radius 3 is 2.34 bits per heavy atom. The predicted octanol–water partition coefficient (Wildman–Crippen LogP) is 4.76. The molecule has 0 aliphatic carbocycles. The van der Waals surface area contributed by atoms with E-state index in [-0.39, 0.29) is 21.2 Å². The lowest BCUT2D eigenvalue weighted by Gasteiger charge is -2.34. The molecular weight excluding hydrogens is 509 g/mol. The van der Waals surface area contributed by atoms with Gasteiger partial charge in [0.1, 0.15) is 5.75 Å². The van der Waals surface area contributed by atoms with Crippen LogP contribution in [0.4, 0.5) is 5.69 Å². The molecule has 7 nitrogen and oxygen atoms in total. The van der Waals surface area contributed by atoms with Gasteiger partial charge in [-0.3, -0.25) is 9.69 Å². The molecule has 10 heteroatoms. The number of benzene rings is 3. The summed E-state index contributed by atoms with van der Waals surface area (Å²) >= 11 is 12.1. The molecule has 3 aromatic rings. The van der Waals surface area contributed by atoms with Crippen LogP contribution in [0.1, 0.15) is 15.9 Å². The van der Waals surface area contributed by atoms with Crippen LogP contribution in [0.15, 0.2) is 71.6 Å². The molecular formula is C25H25Cl2N3O4S. The topological polar surface area (TPSA) is 79.0 Å². The molecule has 184 valence electrons. The van der Waals surface area contributed by atoms with Crippen molar-refractivity contribution < 1.29 is 17.9 Å². The number of ether oxygens (including phenoxy) is 1. The molecule has 1 aliphatic heterocycles. The molecule has 1 aliphatic rings. The Balaban J connectivity index is 1.49. The average molecular weight is 534 g/mol. The molecule has 0 bridgehead atoms. The first-order valence-electron chi connectivity index (χ1n) is 11.0. The number of piperazine rings is 1. The standard InChI is InChI=1S/C25H25Cl2N3O4S/c1-34-24-10-8-20(16-23(24)28-25(31)21-9-7-19(26)15-22(21)27)35(32,33)30-13-11-29(12-14-30)17-18-5-3-2-4-6-18/h2-10,15-16H,11-14,17H2,1H3,(H,28,31). The van der Waals surface area contributed by atoms with Crippen molar-refractivity contribution in [2.75, 3.05) is 38.6 Å². The minimum absolute atomic E-state index is 0.0762. The monoisotopic (exact) mass is 533 g/mol. The Morgan fingerprint density at radius 1 is 0.971 bits per heavy atom. The summed E-state index contributed by atoms with van der Waals surface area (Å²) in [5.41, 5.74) is 1.63. The summed E-state index contributed by atoms with van der Waals surface area (Å²) in [7, 11) is -2.32. The van der Waals surface area contributed by atoms with E-state index in [1.807, 2.05) is 18.2 Å². The Hall–Kier alpha value is -2.62. The first-order chi connectivity index (χ1) is 16.8. The number of rotatable bonds is 7. The van der Waals surface area contributed by atoms with E-state index in [1.54, 1.807) is 6.07 Å². The second-order valence-corrected chi connectivity index (χ2v) is 10.9. The van der Waals surface area contributed by atoms with Gasteiger partial charge >= 0.3 is 0 Å². The lowest BCUT2D eigenvalue weighted by molar-refractivity contribution is 0.102. The Kier molecular flexibility index (Phi) is 7.98. The molecule has 0 saturated carbocycles. The van der Waals surface area contributed by atoms with Crippen LogP contribution in [-0.2, 0) is 16.6 Å². The first-order valence-corrected chi connectivity index (χ1v) is 13.2. The molecule has 0 unspecified atom stereocenters. The number of amides is 1. The third kappa shape index (κ3) is 5.97. The third-order valence-electron chi connectivity index (χ3n) is 5.81. The van der Waals surface area contributed by atoms with E-state index in [0.717, 1.165) is 6.54 Å². The Bertz CT molecular complexity index is 1310. The van der Waals surface area contributed by atoms with Gasteiger partial charge < -0.3 is 10.1 Å². The van der Waals surface area contributed by atoms with Crippen LogP contribution in [0.3, 0.4) is 0 Å². The number of anilines is 1. The summed E-state index contributed by atoms with van der Waals surface area (Å²) in [5.74, 6) is -0.177. The minimum atomic E-state index is -3.76. The molecule has 0 atom stereocenters. The van der Waals surface area contributed by atoms with Gasteiger partial charge in [0.05, 0.1) is 28.3 Å². The van der Waals surface area contributed by atoms with Crippen molar-refractivity contribution in [2.24, 2.45) is 0 Å². The predicted molar refractivity (Wildman–Crippen MR) is 138 cm³/mol. The van der Waals surface area contributed by atoms with Crippen LogP contribution >= 0.6 is 23.2 Å². The molecule has 0 radical (unpaired) electrons. The van der Waals surface area contributed by atoms with Gasteiger partial charge in [-0.25, -0.2) is 8.42 Å². The molecule has 1 saturated heterocycles. The SMILES string of the molecule is COc1ccc(S(=O)(=O)N2CCN(Cc3ccccc3)CC2)cc1NC(=O)c1ccc(Cl)cc1Cl. The fourth-order valence-electron chi connectivity index (χ4n) is 3.93. The van der Waals surface area contributed by atoms with Crippen molar-refractivity contribution in [2.45, 2.75) is 11.4 Å². The fourth-order valence-corrected chi connectivity index (χ4v) is 5.87. The molecule has 4 rings (SSSR count). The van der Waals surface area contributed by atoms with Crippen LogP contribution in [0, 0.1) is 0 Å². The maximum absolute atomic E-state index is 13.4. The molecule has 0 spiro atoms. The molecule has 1 amide bonds. The fraction of sp³-hybridized carbons (Fsp3) is 0.240. The molecule has 1 fully saturated rings. The molecule has 1 heterocycles. The number of hydrogen-bond donors (Lipinski definition) is 1. The van der Waals surface area contributed by atoms with E-state index in [4.69, 9.17) is 27.9 Å². The summed E-state index contributed by atoms with van der Waals surface area (Å²) in [5, 5.41) is 3.30. The number of carbonyl (C=O) groups is 1. The van der Waals surface area contributed by atoms with Crippen molar-refractivity contribution >= 4 is 44.8 Å². The molecule has 0 aromatic heterocycles. The van der Waals surface area contributed by atoms with E-state index >= 15 is 0 Å². The maximum atomic E-state index is 13.4. The highest BCUT2D eigenvalue weighted by atomic mass is 35.5. The van der Waals surface area contributed by atoms with Crippen molar-refractivity contribution in [3.05, 3.63) is 87.9 Å². The molecule has 3 aromatic carbocycles. The number of hydrogen-bond acceptors (Lipinski definition) is 5. The number of carbonyl (C=O) groups excluding carboxylic acids is 1. The van der Waals surface area contributed by atoms with Crippen molar-refractivity contribution in [3.63, 3.8) is 0 Å². The Labute approximate surface area is 215 Å². The molecule has 1 N–H and O–H groups in total. The largest absolute Gasteiger partial charge is 0.495 e. The quantitative estimate of drug-likeness (QED) is 0.473. The number of sulfonamides is 1. The van der Waals surface area contributed by atoms with Gasteiger partial charge in [-0.2, -0.15) is 4.31 Å². The van der Waals surface area contributed by atoms with Crippen LogP contribution in [-0.4, -0.2) is 56.8 Å². The van der Waals surface area contributed by atoms with Gasteiger partial charge in [-0.15, -0.1) is 0 Å². The van der Waals surface area contributed by atoms with Crippen LogP contribution in [0.5, 0.6) is 5.75 Å². The average Bonchev–Trinajstić information content (AvgIpc) is 2.85. The summed E-state index contributed by atoms with van der Waals surface area (Å²) in [4.78, 5) is 15.1. The van der Waals surface area contributed by atoms with Crippen LogP contribution in [0.2, 0.25) is 10.0 Å². The lowest BCUT2D eigenvalue weighted by atomic mass is 10.2.